The fourth-order valence-electron chi connectivity index (χ4n) is 1.62. The summed E-state index contributed by atoms with van der Waals surface area (Å²) in [5.74, 6) is 0. The summed E-state index contributed by atoms with van der Waals surface area (Å²) in [4.78, 5) is 22.0. The number of nitrogens with one attached hydrogen (secondary N) is 2. The molecule has 2 amide bonds. The monoisotopic (exact) mass is 249 g/mol. The minimum Gasteiger partial charge on any atom is -0.335 e. The molecular formula is C12H15N3O3. The van der Waals surface area contributed by atoms with Crippen LogP contribution in [0.4, 0.5) is 16.2 Å². The van der Waals surface area contributed by atoms with Crippen LogP contribution in [0.25, 0.3) is 0 Å². The second-order valence-corrected chi connectivity index (χ2v) is 4.58. The normalized spacial score (nSPS) is 14.1. The van der Waals surface area contributed by atoms with Gasteiger partial charge in [-0.2, -0.15) is 0 Å². The van der Waals surface area contributed by atoms with Crippen LogP contribution in [0.2, 0.25) is 0 Å². The molecule has 0 atom stereocenters. The summed E-state index contributed by atoms with van der Waals surface area (Å²) in [6.07, 6.45) is 1.95. The Kier molecular flexibility index (Phi) is 3.18. The molecule has 1 saturated carbocycles. The molecule has 1 aromatic rings. The zero-order valence-electron chi connectivity index (χ0n) is 10.3. The largest absolute Gasteiger partial charge is 0.335 e. The highest BCUT2D eigenvalue weighted by Crippen LogP contribution is 2.28. The van der Waals surface area contributed by atoms with Crippen molar-refractivity contribution < 1.29 is 9.72 Å². The topological polar surface area (TPSA) is 84.3 Å². The Morgan fingerprint density at radius 1 is 1.33 bits per heavy atom. The molecule has 6 heteroatoms. The van der Waals surface area contributed by atoms with Crippen molar-refractivity contribution in [1.82, 2.24) is 5.32 Å². The highest BCUT2D eigenvalue weighted by molar-refractivity contribution is 5.92. The third-order valence-electron chi connectivity index (χ3n) is 2.97. The number of nitro groups is 1. The third-order valence-corrected chi connectivity index (χ3v) is 2.97. The first-order chi connectivity index (χ1) is 8.47. The Morgan fingerprint density at radius 2 is 1.94 bits per heavy atom. The van der Waals surface area contributed by atoms with Gasteiger partial charge < -0.3 is 10.6 Å². The summed E-state index contributed by atoms with van der Waals surface area (Å²) in [5.41, 5.74) is 1.89. The van der Waals surface area contributed by atoms with Crippen molar-refractivity contribution >= 4 is 17.4 Å². The predicted molar refractivity (Wildman–Crippen MR) is 67.7 cm³/mol. The van der Waals surface area contributed by atoms with E-state index in [-0.39, 0.29) is 23.4 Å². The quantitative estimate of drug-likeness (QED) is 0.637. The molecule has 0 bridgehead atoms. The van der Waals surface area contributed by atoms with Crippen LogP contribution in [0.5, 0.6) is 0 Å². The average molecular weight is 249 g/mol. The predicted octanol–water partition coefficient (Wildman–Crippen LogP) is 2.50. The van der Waals surface area contributed by atoms with Gasteiger partial charge in [-0.05, 0) is 43.9 Å². The van der Waals surface area contributed by atoms with Crippen molar-refractivity contribution in [3.8, 4) is 0 Å². The van der Waals surface area contributed by atoms with E-state index in [4.69, 9.17) is 0 Å². The molecule has 18 heavy (non-hydrogen) atoms. The van der Waals surface area contributed by atoms with Crippen LogP contribution in [-0.2, 0) is 0 Å². The highest BCUT2D eigenvalue weighted by Gasteiger charge is 2.24. The van der Waals surface area contributed by atoms with Crippen LogP contribution >= 0.6 is 0 Å². The molecule has 0 unspecified atom stereocenters. The third kappa shape index (κ3) is 2.77. The van der Waals surface area contributed by atoms with Crippen molar-refractivity contribution in [1.29, 1.82) is 0 Å². The second-order valence-electron chi connectivity index (χ2n) is 4.58. The van der Waals surface area contributed by atoms with E-state index in [1.165, 1.54) is 6.07 Å². The molecule has 0 spiro atoms. The Hall–Kier alpha value is -2.11. The number of carbonyl (C=O) groups excluding carboxylic acids is 1. The van der Waals surface area contributed by atoms with Crippen LogP contribution in [0.1, 0.15) is 24.0 Å². The van der Waals surface area contributed by atoms with Gasteiger partial charge >= 0.3 is 6.03 Å². The second kappa shape index (κ2) is 4.64. The summed E-state index contributed by atoms with van der Waals surface area (Å²) in [7, 11) is 0. The molecule has 1 aliphatic carbocycles. The maximum Gasteiger partial charge on any atom is 0.319 e. The minimum absolute atomic E-state index is 0.0796. The molecule has 0 radical (unpaired) electrons. The van der Waals surface area contributed by atoms with Gasteiger partial charge in [-0.25, -0.2) is 4.79 Å². The smallest absolute Gasteiger partial charge is 0.319 e. The Labute approximate surface area is 105 Å². The van der Waals surface area contributed by atoms with Gasteiger partial charge in [0.05, 0.1) is 4.92 Å². The number of urea groups is 1. The van der Waals surface area contributed by atoms with Crippen LogP contribution in [0.15, 0.2) is 12.1 Å². The van der Waals surface area contributed by atoms with Crippen molar-refractivity contribution in [3.63, 3.8) is 0 Å². The molecule has 1 aromatic carbocycles. The Morgan fingerprint density at radius 3 is 2.50 bits per heavy atom. The zero-order chi connectivity index (χ0) is 13.3. The summed E-state index contributed by atoms with van der Waals surface area (Å²) in [5, 5.41) is 16.2. The van der Waals surface area contributed by atoms with Gasteiger partial charge in [0.25, 0.3) is 5.69 Å². The summed E-state index contributed by atoms with van der Waals surface area (Å²) in [6, 6.07) is 2.93. The first kappa shape index (κ1) is 12.3. The molecule has 1 fully saturated rings. The molecule has 2 N–H and O–H groups in total. The zero-order valence-corrected chi connectivity index (χ0v) is 10.3. The number of aryl methyl sites for hydroxylation is 2. The van der Waals surface area contributed by atoms with Crippen molar-refractivity contribution in [2.75, 3.05) is 5.32 Å². The van der Waals surface area contributed by atoms with Gasteiger partial charge in [0.15, 0.2) is 0 Å². The Bertz CT molecular complexity index is 510. The number of nitrogens with zero attached hydrogens (tertiary/aromatic N) is 1. The molecule has 0 aromatic heterocycles. The van der Waals surface area contributed by atoms with E-state index in [9.17, 15) is 14.9 Å². The summed E-state index contributed by atoms with van der Waals surface area (Å²) < 4.78 is 0. The number of amides is 2. The molecule has 0 heterocycles. The Balaban J connectivity index is 2.21. The van der Waals surface area contributed by atoms with Gasteiger partial charge in [-0.15, -0.1) is 0 Å². The lowest BCUT2D eigenvalue weighted by Gasteiger charge is -2.09. The number of anilines is 1. The van der Waals surface area contributed by atoms with E-state index in [1.807, 2.05) is 6.92 Å². The molecule has 2 rings (SSSR count). The van der Waals surface area contributed by atoms with Gasteiger partial charge in [-0.3, -0.25) is 10.1 Å². The van der Waals surface area contributed by atoms with E-state index in [1.54, 1.807) is 13.0 Å². The van der Waals surface area contributed by atoms with E-state index >= 15 is 0 Å². The van der Waals surface area contributed by atoms with Crippen molar-refractivity contribution in [2.24, 2.45) is 0 Å². The number of hydrogen-bond donors (Lipinski definition) is 2. The van der Waals surface area contributed by atoms with Crippen molar-refractivity contribution in [3.05, 3.63) is 33.4 Å². The van der Waals surface area contributed by atoms with Crippen LogP contribution in [-0.4, -0.2) is 17.0 Å². The van der Waals surface area contributed by atoms with Crippen LogP contribution in [0, 0.1) is 24.0 Å². The number of rotatable bonds is 3. The molecular weight excluding hydrogens is 234 g/mol. The van der Waals surface area contributed by atoms with Gasteiger partial charge in [-0.1, -0.05) is 0 Å². The average Bonchev–Trinajstić information content (AvgIpc) is 3.06. The lowest BCUT2D eigenvalue weighted by Crippen LogP contribution is -2.30. The summed E-state index contributed by atoms with van der Waals surface area (Å²) in [6.45, 7) is 3.65. The maximum absolute atomic E-state index is 11.6. The van der Waals surface area contributed by atoms with E-state index in [2.05, 4.69) is 10.6 Å². The number of benzene rings is 1. The standard InChI is InChI=1S/C12H15N3O3/c1-7-5-10(11(15(17)18)6-8(7)2)14-12(16)13-9-3-4-9/h5-6,9H,3-4H2,1-2H3,(H2,13,14,16). The van der Waals surface area contributed by atoms with Crippen LogP contribution in [0.3, 0.4) is 0 Å². The van der Waals surface area contributed by atoms with Crippen LogP contribution < -0.4 is 10.6 Å². The lowest BCUT2D eigenvalue weighted by molar-refractivity contribution is -0.384. The fraction of sp³-hybridized carbons (Fsp3) is 0.417. The van der Waals surface area contributed by atoms with E-state index in [0.717, 1.165) is 24.0 Å². The van der Waals surface area contributed by atoms with E-state index < -0.39 is 4.92 Å². The number of nitro benzene ring substituents is 1. The van der Waals surface area contributed by atoms with Gasteiger partial charge in [0.1, 0.15) is 5.69 Å². The SMILES string of the molecule is Cc1cc(NC(=O)NC2CC2)c([N+](=O)[O-])cc1C. The van der Waals surface area contributed by atoms with Gasteiger partial charge in [0.2, 0.25) is 0 Å². The number of hydrogen-bond acceptors (Lipinski definition) is 3. The minimum atomic E-state index is -0.487. The fourth-order valence-corrected chi connectivity index (χ4v) is 1.62. The molecule has 0 aliphatic heterocycles. The first-order valence-corrected chi connectivity index (χ1v) is 5.80. The lowest BCUT2D eigenvalue weighted by atomic mass is 10.1. The molecule has 96 valence electrons. The molecule has 6 nitrogen and oxygen atoms in total. The molecule has 1 aliphatic rings. The van der Waals surface area contributed by atoms with Crippen molar-refractivity contribution in [2.45, 2.75) is 32.7 Å². The highest BCUT2D eigenvalue weighted by atomic mass is 16.6. The van der Waals surface area contributed by atoms with Gasteiger partial charge in [0, 0.05) is 12.1 Å². The molecule has 0 saturated heterocycles. The summed E-state index contributed by atoms with van der Waals surface area (Å²) >= 11 is 0. The number of carbonyl (C=O) groups is 1. The van der Waals surface area contributed by atoms with E-state index in [0.29, 0.717) is 0 Å². The maximum atomic E-state index is 11.6. The first-order valence-electron chi connectivity index (χ1n) is 5.80.